The number of phenolic OH excluding ortho intramolecular Hbond substituents is 1. The summed E-state index contributed by atoms with van der Waals surface area (Å²) in [6.45, 7) is 6.09. The van der Waals surface area contributed by atoms with E-state index in [0.29, 0.717) is 44.3 Å². The van der Waals surface area contributed by atoms with Gasteiger partial charge in [0.2, 0.25) is 0 Å². The number of phenols is 1. The second-order valence-electron chi connectivity index (χ2n) is 7.70. The lowest BCUT2D eigenvalue weighted by Gasteiger charge is -2.24. The number of esters is 1. The van der Waals surface area contributed by atoms with Crippen LogP contribution >= 0.6 is 11.3 Å². The number of hydrogen-bond donors (Lipinski definition) is 1. The molecule has 35 heavy (non-hydrogen) atoms. The Morgan fingerprint density at radius 3 is 2.57 bits per heavy atom. The molecule has 4 rings (SSSR count). The Bertz CT molecular complexity index is 1470. The molecule has 0 saturated heterocycles. The number of thiazole rings is 1. The second kappa shape index (κ2) is 10.2. The Kier molecular flexibility index (Phi) is 7.07. The van der Waals surface area contributed by atoms with E-state index in [1.54, 1.807) is 50.3 Å². The predicted molar refractivity (Wildman–Crippen MR) is 133 cm³/mol. The Labute approximate surface area is 206 Å². The minimum Gasteiger partial charge on any atom is -0.504 e. The predicted octanol–water partition coefficient (Wildman–Crippen LogP) is 2.91. The fraction of sp³-hybridized carbons (Fsp3) is 0.269. The SMILES string of the molecule is CCOC(=O)C1=C(C)N=c2sc(=Cc3cccc(OC)c3O)c(=O)n2C1c1ccc(OCC)cc1. The molecule has 0 bridgehead atoms. The second-order valence-corrected chi connectivity index (χ2v) is 8.71. The third kappa shape index (κ3) is 4.59. The van der Waals surface area contributed by atoms with Gasteiger partial charge in [0.15, 0.2) is 16.3 Å². The van der Waals surface area contributed by atoms with Gasteiger partial charge in [-0.25, -0.2) is 9.79 Å². The smallest absolute Gasteiger partial charge is 0.338 e. The summed E-state index contributed by atoms with van der Waals surface area (Å²) in [5.41, 5.74) is 1.62. The molecule has 9 heteroatoms. The molecule has 0 radical (unpaired) electrons. The fourth-order valence-corrected chi connectivity index (χ4v) is 5.02. The third-order valence-corrected chi connectivity index (χ3v) is 6.54. The number of nitrogens with zero attached hydrogens (tertiary/aromatic N) is 2. The molecule has 1 aliphatic heterocycles. The largest absolute Gasteiger partial charge is 0.504 e. The van der Waals surface area contributed by atoms with Gasteiger partial charge in [0.1, 0.15) is 5.75 Å². The topological polar surface area (TPSA) is 99.4 Å². The van der Waals surface area contributed by atoms with Crippen molar-refractivity contribution in [1.82, 2.24) is 4.57 Å². The number of aromatic hydroxyl groups is 1. The van der Waals surface area contributed by atoms with Gasteiger partial charge in [-0.2, -0.15) is 0 Å². The number of hydrogen-bond acceptors (Lipinski definition) is 8. The zero-order valence-corrected chi connectivity index (χ0v) is 20.7. The summed E-state index contributed by atoms with van der Waals surface area (Å²) in [5.74, 6) is 0.412. The van der Waals surface area contributed by atoms with Crippen molar-refractivity contribution >= 4 is 23.4 Å². The number of rotatable bonds is 7. The molecule has 3 aromatic rings. The molecule has 2 aromatic carbocycles. The van der Waals surface area contributed by atoms with Crippen LogP contribution in [0.4, 0.5) is 0 Å². The summed E-state index contributed by atoms with van der Waals surface area (Å²) in [6.07, 6.45) is 1.60. The Hall–Kier alpha value is -3.85. The van der Waals surface area contributed by atoms with Gasteiger partial charge in [0, 0.05) is 5.56 Å². The van der Waals surface area contributed by atoms with Crippen molar-refractivity contribution in [3.05, 3.63) is 84.5 Å². The monoisotopic (exact) mass is 494 g/mol. The highest BCUT2D eigenvalue weighted by Crippen LogP contribution is 2.32. The molecule has 1 atom stereocenters. The summed E-state index contributed by atoms with van der Waals surface area (Å²) in [5, 5.41) is 10.5. The van der Waals surface area contributed by atoms with Crippen molar-refractivity contribution in [1.29, 1.82) is 0 Å². The van der Waals surface area contributed by atoms with Crippen LogP contribution in [0.5, 0.6) is 17.2 Å². The van der Waals surface area contributed by atoms with E-state index in [-0.39, 0.29) is 17.9 Å². The van der Waals surface area contributed by atoms with E-state index in [2.05, 4.69) is 4.99 Å². The number of allylic oxidation sites excluding steroid dienone is 1. The van der Waals surface area contributed by atoms with E-state index in [0.717, 1.165) is 5.56 Å². The molecule has 0 aliphatic carbocycles. The van der Waals surface area contributed by atoms with E-state index >= 15 is 0 Å². The minimum absolute atomic E-state index is 0.0627. The molecule has 8 nitrogen and oxygen atoms in total. The quantitative estimate of drug-likeness (QED) is 0.507. The van der Waals surface area contributed by atoms with Gasteiger partial charge in [0.05, 0.1) is 42.2 Å². The maximum Gasteiger partial charge on any atom is 0.338 e. The molecular formula is C26H26N2O6S. The van der Waals surface area contributed by atoms with Crippen LogP contribution in [0.15, 0.2) is 63.5 Å². The number of ether oxygens (including phenoxy) is 3. The van der Waals surface area contributed by atoms with Crippen LogP contribution in [0.3, 0.4) is 0 Å². The molecule has 0 spiro atoms. The highest BCUT2D eigenvalue weighted by Gasteiger charge is 2.33. The number of carbonyl (C=O) groups excluding carboxylic acids is 1. The molecule has 0 saturated carbocycles. The summed E-state index contributed by atoms with van der Waals surface area (Å²) < 4.78 is 17.9. The molecular weight excluding hydrogens is 468 g/mol. The average molecular weight is 495 g/mol. The summed E-state index contributed by atoms with van der Waals surface area (Å²) in [6, 6.07) is 11.6. The van der Waals surface area contributed by atoms with Crippen molar-refractivity contribution < 1.29 is 24.1 Å². The number of methoxy groups -OCH3 is 1. The molecule has 1 aliphatic rings. The summed E-state index contributed by atoms with van der Waals surface area (Å²) in [7, 11) is 1.46. The van der Waals surface area contributed by atoms with Crippen LogP contribution in [0.25, 0.3) is 6.08 Å². The number of para-hydroxylation sites is 1. The van der Waals surface area contributed by atoms with Gasteiger partial charge in [0.25, 0.3) is 5.56 Å². The highest BCUT2D eigenvalue weighted by molar-refractivity contribution is 7.07. The van der Waals surface area contributed by atoms with Crippen molar-refractivity contribution in [3.8, 4) is 17.2 Å². The molecule has 182 valence electrons. The first-order valence-corrected chi connectivity index (χ1v) is 12.0. The standard InChI is InChI=1S/C26H26N2O6S/c1-5-33-18-12-10-16(11-13-18)22-21(25(31)34-6-2)15(3)27-26-28(22)24(30)20(35-26)14-17-8-7-9-19(32-4)23(17)29/h7-14,22,29H,5-6H2,1-4H3. The van der Waals surface area contributed by atoms with Crippen molar-refractivity contribution in [2.24, 2.45) is 4.99 Å². The lowest BCUT2D eigenvalue weighted by Crippen LogP contribution is -2.39. The van der Waals surface area contributed by atoms with E-state index < -0.39 is 12.0 Å². The van der Waals surface area contributed by atoms with Gasteiger partial charge in [-0.1, -0.05) is 35.6 Å². The molecule has 2 heterocycles. The summed E-state index contributed by atoms with van der Waals surface area (Å²) >= 11 is 1.18. The van der Waals surface area contributed by atoms with Gasteiger partial charge in [-0.05, 0) is 50.6 Å². The normalized spacial score (nSPS) is 15.4. The van der Waals surface area contributed by atoms with Gasteiger partial charge in [-0.15, -0.1) is 0 Å². The lowest BCUT2D eigenvalue weighted by molar-refractivity contribution is -0.139. The van der Waals surface area contributed by atoms with Gasteiger partial charge < -0.3 is 19.3 Å². The Balaban J connectivity index is 1.93. The zero-order chi connectivity index (χ0) is 25.1. The third-order valence-electron chi connectivity index (χ3n) is 5.56. The van der Waals surface area contributed by atoms with Crippen LogP contribution in [0.1, 0.15) is 37.9 Å². The van der Waals surface area contributed by atoms with Crippen LogP contribution in [0.2, 0.25) is 0 Å². The molecule has 1 aromatic heterocycles. The zero-order valence-electron chi connectivity index (χ0n) is 19.9. The first kappa shape index (κ1) is 24.3. The lowest BCUT2D eigenvalue weighted by atomic mass is 9.96. The summed E-state index contributed by atoms with van der Waals surface area (Å²) in [4.78, 5) is 31.6. The maximum atomic E-state index is 13.6. The van der Waals surface area contributed by atoms with E-state index in [9.17, 15) is 14.7 Å². The van der Waals surface area contributed by atoms with Gasteiger partial charge >= 0.3 is 5.97 Å². The molecule has 0 fully saturated rings. The number of carbonyl (C=O) groups is 1. The van der Waals surface area contributed by atoms with E-state index in [1.807, 2.05) is 19.1 Å². The van der Waals surface area contributed by atoms with Crippen LogP contribution in [-0.4, -0.2) is 36.0 Å². The first-order valence-electron chi connectivity index (χ1n) is 11.2. The van der Waals surface area contributed by atoms with Crippen molar-refractivity contribution in [2.45, 2.75) is 26.8 Å². The average Bonchev–Trinajstić information content (AvgIpc) is 3.14. The van der Waals surface area contributed by atoms with Crippen LogP contribution in [0, 0.1) is 0 Å². The minimum atomic E-state index is -0.720. The van der Waals surface area contributed by atoms with Gasteiger partial charge in [-0.3, -0.25) is 9.36 Å². The first-order chi connectivity index (χ1) is 16.9. The molecule has 1 unspecified atom stereocenters. The van der Waals surface area contributed by atoms with Crippen molar-refractivity contribution in [3.63, 3.8) is 0 Å². The number of benzene rings is 2. The van der Waals surface area contributed by atoms with Crippen molar-refractivity contribution in [2.75, 3.05) is 20.3 Å². The van der Waals surface area contributed by atoms with Crippen LogP contribution < -0.4 is 24.4 Å². The number of aromatic nitrogens is 1. The number of fused-ring (bicyclic) bond motifs is 1. The Morgan fingerprint density at radius 1 is 1.17 bits per heavy atom. The maximum absolute atomic E-state index is 13.6. The van der Waals surface area contributed by atoms with E-state index in [1.165, 1.54) is 23.0 Å². The molecule has 1 N–H and O–H groups in total. The fourth-order valence-electron chi connectivity index (χ4n) is 3.98. The highest BCUT2D eigenvalue weighted by atomic mass is 32.1. The van der Waals surface area contributed by atoms with Crippen LogP contribution in [-0.2, 0) is 9.53 Å². The van der Waals surface area contributed by atoms with E-state index in [4.69, 9.17) is 14.2 Å². The Morgan fingerprint density at radius 2 is 1.91 bits per heavy atom. The molecule has 0 amide bonds.